The van der Waals surface area contributed by atoms with Gasteiger partial charge in [-0.1, -0.05) is 13.8 Å². The Labute approximate surface area is 108 Å². The second-order valence-corrected chi connectivity index (χ2v) is 4.48. The molecule has 18 heavy (non-hydrogen) atoms. The third-order valence-electron chi connectivity index (χ3n) is 2.33. The molecule has 102 valence electrons. The van der Waals surface area contributed by atoms with E-state index in [0.29, 0.717) is 32.0 Å². The lowest BCUT2D eigenvalue weighted by Gasteiger charge is -2.09. The predicted molar refractivity (Wildman–Crippen MR) is 67.8 cm³/mol. The van der Waals surface area contributed by atoms with Gasteiger partial charge in [0.2, 0.25) is 0 Å². The highest BCUT2D eigenvalue weighted by Gasteiger charge is 2.06. The molecule has 1 rings (SSSR count). The highest BCUT2D eigenvalue weighted by molar-refractivity contribution is 5.69. The Balaban J connectivity index is 2.27. The Morgan fingerprint density at radius 1 is 1.56 bits per heavy atom. The van der Waals surface area contributed by atoms with Gasteiger partial charge in [-0.15, -0.1) is 0 Å². The van der Waals surface area contributed by atoms with E-state index in [-0.39, 0.29) is 5.97 Å². The first-order valence-corrected chi connectivity index (χ1v) is 6.36. The summed E-state index contributed by atoms with van der Waals surface area (Å²) in [5.41, 5.74) is 0. The van der Waals surface area contributed by atoms with Gasteiger partial charge >= 0.3 is 5.97 Å². The van der Waals surface area contributed by atoms with E-state index in [1.165, 1.54) is 0 Å². The van der Waals surface area contributed by atoms with Crippen LogP contribution in [0.5, 0.6) is 0 Å². The summed E-state index contributed by atoms with van der Waals surface area (Å²) in [5.74, 6) is 1.26. The number of carbonyl (C=O) groups is 1. The van der Waals surface area contributed by atoms with Crippen molar-refractivity contribution in [2.45, 2.75) is 40.3 Å². The van der Waals surface area contributed by atoms with Crippen molar-refractivity contribution in [3.8, 4) is 0 Å². The van der Waals surface area contributed by atoms with Crippen LogP contribution in [0.4, 0.5) is 0 Å². The minimum atomic E-state index is -0.173. The molecule has 0 atom stereocenters. The molecule has 0 amide bonds. The molecule has 1 aromatic rings. The van der Waals surface area contributed by atoms with Gasteiger partial charge in [0.1, 0.15) is 12.2 Å². The van der Waals surface area contributed by atoms with Gasteiger partial charge in [0.25, 0.3) is 0 Å². The Morgan fingerprint density at radius 2 is 2.33 bits per heavy atom. The van der Waals surface area contributed by atoms with Crippen molar-refractivity contribution in [2.24, 2.45) is 5.92 Å². The normalized spacial score (nSPS) is 10.9. The Morgan fingerprint density at radius 3 is 3.00 bits per heavy atom. The van der Waals surface area contributed by atoms with E-state index in [4.69, 9.17) is 4.74 Å². The average molecular weight is 254 g/mol. The molecule has 6 heteroatoms. The number of carbonyl (C=O) groups excluding carboxylic acids is 1. The van der Waals surface area contributed by atoms with E-state index < -0.39 is 0 Å². The zero-order valence-electron chi connectivity index (χ0n) is 11.3. The van der Waals surface area contributed by atoms with E-state index in [9.17, 15) is 4.79 Å². The molecule has 0 aliphatic carbocycles. The maximum Gasteiger partial charge on any atom is 0.307 e. The minimum absolute atomic E-state index is 0.173. The summed E-state index contributed by atoms with van der Waals surface area (Å²) >= 11 is 0. The van der Waals surface area contributed by atoms with E-state index in [2.05, 4.69) is 29.2 Å². The van der Waals surface area contributed by atoms with E-state index >= 15 is 0 Å². The quantitative estimate of drug-likeness (QED) is 0.553. The summed E-state index contributed by atoms with van der Waals surface area (Å²) in [5, 5.41) is 7.34. The second kappa shape index (κ2) is 7.81. The van der Waals surface area contributed by atoms with Crippen LogP contribution in [0.1, 0.15) is 33.0 Å². The molecule has 0 aromatic carbocycles. The number of nitrogens with one attached hydrogen (secondary N) is 1. The van der Waals surface area contributed by atoms with Gasteiger partial charge in [-0.25, -0.2) is 9.67 Å². The average Bonchev–Trinajstić information content (AvgIpc) is 2.71. The molecule has 0 radical (unpaired) electrons. The maximum atomic E-state index is 11.1. The standard InChI is InChI=1S/C12H22N4O2/c1-4-18-12(17)5-6-13-7-11-14-9-15-16(11)8-10(2)3/h9-10,13H,4-8H2,1-3H3. The number of ether oxygens (including phenoxy) is 1. The minimum Gasteiger partial charge on any atom is -0.466 e. The van der Waals surface area contributed by atoms with Gasteiger partial charge in [0.05, 0.1) is 19.6 Å². The van der Waals surface area contributed by atoms with Gasteiger partial charge < -0.3 is 10.1 Å². The number of rotatable bonds is 8. The molecule has 1 N–H and O–H groups in total. The number of esters is 1. The van der Waals surface area contributed by atoms with Crippen LogP contribution in [0.15, 0.2) is 6.33 Å². The van der Waals surface area contributed by atoms with Crippen LogP contribution >= 0.6 is 0 Å². The molecule has 1 aromatic heterocycles. The van der Waals surface area contributed by atoms with Crippen LogP contribution in [0, 0.1) is 5.92 Å². The molecule has 0 spiro atoms. The largest absolute Gasteiger partial charge is 0.466 e. The zero-order valence-corrected chi connectivity index (χ0v) is 11.3. The lowest BCUT2D eigenvalue weighted by molar-refractivity contribution is -0.142. The van der Waals surface area contributed by atoms with Crippen LogP contribution in [-0.4, -0.2) is 33.9 Å². The Bertz CT molecular complexity index is 363. The highest BCUT2D eigenvalue weighted by Crippen LogP contribution is 2.00. The summed E-state index contributed by atoms with van der Waals surface area (Å²) < 4.78 is 6.73. The molecule has 0 aliphatic rings. The van der Waals surface area contributed by atoms with Crippen molar-refractivity contribution < 1.29 is 9.53 Å². The first-order chi connectivity index (χ1) is 8.63. The lowest BCUT2D eigenvalue weighted by atomic mass is 10.2. The molecule has 1 heterocycles. The van der Waals surface area contributed by atoms with Gasteiger partial charge in [0.15, 0.2) is 0 Å². The first-order valence-electron chi connectivity index (χ1n) is 6.36. The van der Waals surface area contributed by atoms with Crippen LogP contribution < -0.4 is 5.32 Å². The van der Waals surface area contributed by atoms with Gasteiger partial charge in [-0.2, -0.15) is 5.10 Å². The van der Waals surface area contributed by atoms with Crippen molar-refractivity contribution in [2.75, 3.05) is 13.2 Å². The third kappa shape index (κ3) is 5.27. The molecule has 0 saturated carbocycles. The third-order valence-corrected chi connectivity index (χ3v) is 2.33. The highest BCUT2D eigenvalue weighted by atomic mass is 16.5. The smallest absolute Gasteiger partial charge is 0.307 e. The van der Waals surface area contributed by atoms with Crippen LogP contribution in [-0.2, 0) is 22.6 Å². The number of aromatic nitrogens is 3. The van der Waals surface area contributed by atoms with Crippen molar-refractivity contribution >= 4 is 5.97 Å². The number of hydrogen-bond donors (Lipinski definition) is 1. The van der Waals surface area contributed by atoms with Crippen molar-refractivity contribution in [1.82, 2.24) is 20.1 Å². The van der Waals surface area contributed by atoms with Crippen LogP contribution in [0.2, 0.25) is 0 Å². The first kappa shape index (κ1) is 14.6. The van der Waals surface area contributed by atoms with E-state index in [1.807, 2.05) is 4.68 Å². The fourth-order valence-corrected chi connectivity index (χ4v) is 1.55. The molecule has 0 bridgehead atoms. The molecular formula is C12H22N4O2. The lowest BCUT2D eigenvalue weighted by Crippen LogP contribution is -2.22. The number of hydrogen-bond acceptors (Lipinski definition) is 5. The van der Waals surface area contributed by atoms with Crippen molar-refractivity contribution in [3.63, 3.8) is 0 Å². The van der Waals surface area contributed by atoms with E-state index in [0.717, 1.165) is 12.4 Å². The van der Waals surface area contributed by atoms with Gasteiger partial charge in [0, 0.05) is 13.1 Å². The SMILES string of the molecule is CCOC(=O)CCNCc1ncnn1CC(C)C. The fourth-order valence-electron chi connectivity index (χ4n) is 1.55. The second-order valence-electron chi connectivity index (χ2n) is 4.48. The predicted octanol–water partition coefficient (Wildman–Crippen LogP) is 0.977. The zero-order chi connectivity index (χ0) is 13.4. The topological polar surface area (TPSA) is 69.0 Å². The van der Waals surface area contributed by atoms with Crippen LogP contribution in [0.25, 0.3) is 0 Å². The summed E-state index contributed by atoms with van der Waals surface area (Å²) in [7, 11) is 0. The fraction of sp³-hybridized carbons (Fsp3) is 0.750. The van der Waals surface area contributed by atoms with E-state index in [1.54, 1.807) is 13.3 Å². The van der Waals surface area contributed by atoms with Gasteiger partial charge in [-0.05, 0) is 12.8 Å². The molecule has 6 nitrogen and oxygen atoms in total. The molecular weight excluding hydrogens is 232 g/mol. The molecule has 0 unspecified atom stereocenters. The number of nitrogens with zero attached hydrogens (tertiary/aromatic N) is 3. The van der Waals surface area contributed by atoms with Gasteiger partial charge in [-0.3, -0.25) is 4.79 Å². The monoisotopic (exact) mass is 254 g/mol. The maximum absolute atomic E-state index is 11.1. The summed E-state index contributed by atoms with van der Waals surface area (Å²) in [4.78, 5) is 15.3. The molecule has 0 saturated heterocycles. The summed E-state index contributed by atoms with van der Waals surface area (Å²) in [6.45, 7) is 8.58. The Kier molecular flexibility index (Phi) is 6.35. The molecule has 0 fully saturated rings. The van der Waals surface area contributed by atoms with Crippen molar-refractivity contribution in [3.05, 3.63) is 12.2 Å². The van der Waals surface area contributed by atoms with Crippen LogP contribution in [0.3, 0.4) is 0 Å². The summed E-state index contributed by atoms with van der Waals surface area (Å²) in [6.07, 6.45) is 1.94. The molecule has 0 aliphatic heterocycles. The van der Waals surface area contributed by atoms with Crippen molar-refractivity contribution in [1.29, 1.82) is 0 Å². The summed E-state index contributed by atoms with van der Waals surface area (Å²) in [6, 6.07) is 0. The Hall–Kier alpha value is -1.43.